The number of piperazine rings is 1. The van der Waals surface area contributed by atoms with Crippen LogP contribution in [0.15, 0.2) is 42.6 Å². The van der Waals surface area contributed by atoms with Crippen molar-refractivity contribution in [2.24, 2.45) is 5.92 Å². The minimum Gasteiger partial charge on any atom is -0.293 e. The highest BCUT2D eigenvalue weighted by Crippen LogP contribution is 2.37. The van der Waals surface area contributed by atoms with E-state index in [-0.39, 0.29) is 32.0 Å². The normalized spacial score (nSPS) is 21.3. The van der Waals surface area contributed by atoms with Crippen LogP contribution in [0, 0.1) is 18.7 Å². The molecule has 0 N–H and O–H groups in total. The average molecular weight is 539 g/mol. The number of halogens is 4. The number of benzene rings is 2. The van der Waals surface area contributed by atoms with Gasteiger partial charge in [-0.1, -0.05) is 13.3 Å². The van der Waals surface area contributed by atoms with Gasteiger partial charge < -0.3 is 0 Å². The third-order valence-corrected chi connectivity index (χ3v) is 10.1. The molecule has 0 radical (unpaired) electrons. The van der Waals surface area contributed by atoms with E-state index in [0.29, 0.717) is 18.5 Å². The Morgan fingerprint density at radius 3 is 2.43 bits per heavy atom. The van der Waals surface area contributed by atoms with E-state index in [0.717, 1.165) is 35.4 Å². The van der Waals surface area contributed by atoms with Crippen molar-refractivity contribution in [1.29, 1.82) is 0 Å². The number of aromatic nitrogens is 2. The molecule has 3 aromatic rings. The number of nitrogens with zero attached hydrogens (tertiary/aromatic N) is 4. The molecule has 2 atom stereocenters. The van der Waals surface area contributed by atoms with Crippen molar-refractivity contribution < 1.29 is 26.0 Å². The summed E-state index contributed by atoms with van der Waals surface area (Å²) >= 11 is 0. The van der Waals surface area contributed by atoms with Crippen LogP contribution >= 0.6 is 0 Å². The maximum absolute atomic E-state index is 13.5. The van der Waals surface area contributed by atoms with Gasteiger partial charge in [0, 0.05) is 37.6 Å². The summed E-state index contributed by atoms with van der Waals surface area (Å²) in [5.41, 5.74) is 3.07. The Bertz CT molecular complexity index is 1380. The first kappa shape index (κ1) is 26.1. The predicted octanol–water partition coefficient (Wildman–Crippen LogP) is 5.21. The van der Waals surface area contributed by atoms with E-state index in [1.165, 1.54) is 16.4 Å². The molecule has 1 aliphatic heterocycles. The molecule has 1 saturated carbocycles. The van der Waals surface area contributed by atoms with Crippen LogP contribution in [-0.2, 0) is 10.0 Å². The maximum Gasteiger partial charge on any atom is 0.392 e. The molecule has 200 valence electrons. The molecule has 2 fully saturated rings. The van der Waals surface area contributed by atoms with Crippen molar-refractivity contribution >= 4 is 20.9 Å². The van der Waals surface area contributed by atoms with Gasteiger partial charge in [0.2, 0.25) is 10.0 Å². The average Bonchev–Trinajstić information content (AvgIpc) is 3.19. The van der Waals surface area contributed by atoms with Crippen molar-refractivity contribution in [3.63, 3.8) is 0 Å². The van der Waals surface area contributed by atoms with Gasteiger partial charge in [-0.15, -0.1) is 0 Å². The van der Waals surface area contributed by atoms with Gasteiger partial charge in [-0.2, -0.15) is 22.6 Å². The molecule has 0 bridgehead atoms. The number of hydrogen-bond donors (Lipinski definition) is 0. The van der Waals surface area contributed by atoms with Crippen molar-refractivity contribution in [2.75, 3.05) is 26.2 Å². The smallest absolute Gasteiger partial charge is 0.293 e. The summed E-state index contributed by atoms with van der Waals surface area (Å²) in [5.74, 6) is -1.90. The largest absolute Gasteiger partial charge is 0.392 e. The number of rotatable bonds is 6. The summed E-state index contributed by atoms with van der Waals surface area (Å²) in [4.78, 5) is 1.77. The molecule has 11 heteroatoms. The Kier molecular flexibility index (Phi) is 6.82. The highest BCUT2D eigenvalue weighted by atomic mass is 32.2. The van der Waals surface area contributed by atoms with Crippen LogP contribution in [-0.4, -0.2) is 65.0 Å². The number of fused-ring (bicyclic) bond motifs is 1. The fourth-order valence-electron chi connectivity index (χ4n) is 5.22. The van der Waals surface area contributed by atoms with Gasteiger partial charge in [-0.3, -0.25) is 4.90 Å². The molecule has 0 spiro atoms. The molecule has 5 rings (SSSR count). The quantitative estimate of drug-likeness (QED) is 0.404. The van der Waals surface area contributed by atoms with Crippen molar-refractivity contribution in [1.82, 2.24) is 19.0 Å². The zero-order valence-electron chi connectivity index (χ0n) is 20.7. The second-order valence-electron chi connectivity index (χ2n) is 10.2. The van der Waals surface area contributed by atoms with E-state index >= 15 is 0 Å². The van der Waals surface area contributed by atoms with E-state index in [4.69, 9.17) is 0 Å². The van der Waals surface area contributed by atoms with Gasteiger partial charge in [0.05, 0.1) is 28.6 Å². The standard InChI is InChI=1S/C26H30F4N4O2S/c1-17-12-24-19(14-31-34(24)21-8-6-20(27)7-9-21)13-23(17)25-16-33(37(35,36)22-4-3-5-22)11-10-32(25)15-18(2)26(28,29)30/h6-9,12-14,18,22,25H,3-5,10-11,15-16H2,1-2H3/t18?,25-/m0/s1. The van der Waals surface area contributed by atoms with Crippen LogP contribution in [0.25, 0.3) is 16.6 Å². The molecule has 1 saturated heterocycles. The van der Waals surface area contributed by atoms with Crippen LogP contribution in [0.4, 0.5) is 17.6 Å². The fraction of sp³-hybridized carbons (Fsp3) is 0.500. The summed E-state index contributed by atoms with van der Waals surface area (Å²) in [5, 5.41) is 4.82. The first-order valence-electron chi connectivity index (χ1n) is 12.5. The Labute approximate surface area is 213 Å². The molecule has 1 unspecified atom stereocenters. The summed E-state index contributed by atoms with van der Waals surface area (Å²) in [6, 6.07) is 9.22. The van der Waals surface area contributed by atoms with E-state index in [2.05, 4.69) is 5.10 Å². The zero-order valence-corrected chi connectivity index (χ0v) is 21.6. The summed E-state index contributed by atoms with van der Waals surface area (Å²) in [6.07, 6.45) is -0.535. The molecule has 2 aliphatic rings. The lowest BCUT2D eigenvalue weighted by Crippen LogP contribution is -2.54. The van der Waals surface area contributed by atoms with Crippen molar-refractivity contribution in [3.05, 3.63) is 59.5 Å². The number of aryl methyl sites for hydroxylation is 1. The number of hydrogen-bond acceptors (Lipinski definition) is 4. The molecule has 2 aromatic carbocycles. The maximum atomic E-state index is 13.5. The Balaban J connectivity index is 1.52. The minimum absolute atomic E-state index is 0.113. The molecule has 37 heavy (non-hydrogen) atoms. The lowest BCUT2D eigenvalue weighted by Gasteiger charge is -2.44. The van der Waals surface area contributed by atoms with Gasteiger partial charge in [0.1, 0.15) is 5.82 Å². The molecule has 1 aliphatic carbocycles. The minimum atomic E-state index is -4.34. The topological polar surface area (TPSA) is 58.4 Å². The number of alkyl halides is 3. The van der Waals surface area contributed by atoms with Gasteiger partial charge in [-0.05, 0) is 67.3 Å². The van der Waals surface area contributed by atoms with Gasteiger partial charge in [0.25, 0.3) is 0 Å². The Morgan fingerprint density at radius 1 is 1.11 bits per heavy atom. The van der Waals surface area contributed by atoms with Crippen LogP contribution in [0.1, 0.15) is 43.4 Å². The monoisotopic (exact) mass is 538 g/mol. The third-order valence-electron chi connectivity index (χ3n) is 7.74. The first-order valence-corrected chi connectivity index (χ1v) is 14.0. The van der Waals surface area contributed by atoms with Gasteiger partial charge >= 0.3 is 6.18 Å². The molecule has 6 nitrogen and oxygen atoms in total. The van der Waals surface area contributed by atoms with Crippen molar-refractivity contribution in [3.8, 4) is 5.69 Å². The van der Waals surface area contributed by atoms with Crippen LogP contribution in [0.3, 0.4) is 0 Å². The predicted molar refractivity (Wildman–Crippen MR) is 133 cm³/mol. The zero-order chi connectivity index (χ0) is 26.5. The second-order valence-corrected chi connectivity index (χ2v) is 12.4. The molecule has 0 amide bonds. The second kappa shape index (κ2) is 9.67. The molecular formula is C26H30F4N4O2S. The van der Waals surface area contributed by atoms with Crippen molar-refractivity contribution in [2.45, 2.75) is 50.6 Å². The lowest BCUT2D eigenvalue weighted by molar-refractivity contribution is -0.176. The Morgan fingerprint density at radius 2 is 1.81 bits per heavy atom. The highest BCUT2D eigenvalue weighted by molar-refractivity contribution is 7.89. The fourth-order valence-corrected chi connectivity index (χ4v) is 7.25. The SMILES string of the molecule is Cc1cc2c(cnn2-c2ccc(F)cc2)cc1[C@@H]1CN(S(=O)(=O)C2CCC2)CCN1CC(C)C(F)(F)F. The third kappa shape index (κ3) is 5.00. The van der Waals surface area contributed by atoms with E-state index in [1.54, 1.807) is 27.9 Å². The van der Waals surface area contributed by atoms with Crippen LogP contribution in [0.5, 0.6) is 0 Å². The highest BCUT2D eigenvalue weighted by Gasteiger charge is 2.43. The van der Waals surface area contributed by atoms with Gasteiger partial charge in [-0.25, -0.2) is 17.5 Å². The molecule has 1 aromatic heterocycles. The van der Waals surface area contributed by atoms with Crippen LogP contribution < -0.4 is 0 Å². The summed E-state index contributed by atoms with van der Waals surface area (Å²) in [6.45, 7) is 3.35. The van der Waals surface area contributed by atoms with Crippen LogP contribution in [0.2, 0.25) is 0 Å². The lowest BCUT2D eigenvalue weighted by atomic mass is 9.95. The number of sulfonamides is 1. The first-order chi connectivity index (χ1) is 17.4. The summed E-state index contributed by atoms with van der Waals surface area (Å²) < 4.78 is 83.4. The van der Waals surface area contributed by atoms with Gasteiger partial charge in [0.15, 0.2) is 0 Å². The molecule has 2 heterocycles. The summed E-state index contributed by atoms with van der Waals surface area (Å²) in [7, 11) is -3.50. The molecular weight excluding hydrogens is 508 g/mol. The van der Waals surface area contributed by atoms with E-state index < -0.39 is 33.4 Å². The van der Waals surface area contributed by atoms with E-state index in [1.807, 2.05) is 19.1 Å². The Hall–Kier alpha value is -2.50. The van der Waals surface area contributed by atoms with E-state index in [9.17, 15) is 26.0 Å².